The Kier molecular flexibility index (Phi) is 4.49. The van der Waals surface area contributed by atoms with Crippen molar-refractivity contribution in [2.24, 2.45) is 5.73 Å². The third kappa shape index (κ3) is 2.61. The zero-order valence-corrected chi connectivity index (χ0v) is 12.5. The highest BCUT2D eigenvalue weighted by atomic mass is 35.5. The van der Waals surface area contributed by atoms with Crippen LogP contribution in [0.25, 0.3) is 0 Å². The largest absolute Gasteiger partial charge is 0.385 e. The molecule has 12 radical (unpaired) electrons. The Bertz CT molecular complexity index is 639. The van der Waals surface area contributed by atoms with Gasteiger partial charge in [-0.25, -0.2) is 0 Å². The van der Waals surface area contributed by atoms with Gasteiger partial charge in [0.2, 0.25) is 0 Å². The number of benzene rings is 1. The first-order valence-corrected chi connectivity index (χ1v) is 6.81. The van der Waals surface area contributed by atoms with E-state index in [4.69, 9.17) is 64.4 Å². The van der Waals surface area contributed by atoms with Gasteiger partial charge in [-0.15, -0.1) is 10.9 Å². The van der Waals surface area contributed by atoms with Gasteiger partial charge in [0.15, 0.2) is 5.78 Å². The lowest BCUT2D eigenvalue weighted by atomic mass is 9.43. The lowest BCUT2D eigenvalue weighted by molar-refractivity contribution is -0.136. The summed E-state index contributed by atoms with van der Waals surface area (Å²) < 4.78 is 0. The highest BCUT2D eigenvalue weighted by Crippen LogP contribution is 2.44. The van der Waals surface area contributed by atoms with Crippen molar-refractivity contribution in [3.8, 4) is 0 Å². The fraction of sp³-hybridized carbons (Fsp3) is 0.417. The maximum absolute atomic E-state index is 12.4. The number of ketones is 1. The SMILES string of the molecule is [B]c1c([B])c([B])c(C2(N)CC([B])([B])CC(O)C2=O)c(Cl)c1[B]. The molecule has 1 fully saturated rings. The van der Waals surface area contributed by atoms with Gasteiger partial charge in [-0.05, 0) is 18.4 Å². The number of Topliss-reactive ketones (excluding diaryl/α,β-unsaturated/α-hetero) is 1. The van der Waals surface area contributed by atoms with Crippen molar-refractivity contribution in [3.63, 3.8) is 0 Å². The molecular weight excluding hydrogens is 290 g/mol. The van der Waals surface area contributed by atoms with Crippen LogP contribution < -0.4 is 27.6 Å². The highest BCUT2D eigenvalue weighted by Gasteiger charge is 2.50. The van der Waals surface area contributed by atoms with Gasteiger partial charge in [-0.3, -0.25) is 4.79 Å². The van der Waals surface area contributed by atoms with Gasteiger partial charge in [0.25, 0.3) is 0 Å². The van der Waals surface area contributed by atoms with E-state index in [1.54, 1.807) is 0 Å². The normalized spacial score (nSPS) is 27.8. The summed E-state index contributed by atoms with van der Waals surface area (Å²) in [7, 11) is 34.9. The van der Waals surface area contributed by atoms with E-state index in [0.29, 0.717) is 0 Å². The first kappa shape index (κ1) is 17.8. The number of hydrogen-bond acceptors (Lipinski definition) is 3. The van der Waals surface area contributed by atoms with Gasteiger partial charge >= 0.3 is 0 Å². The molecule has 0 aromatic heterocycles. The number of carbonyl (C=O) groups excluding carboxylic acids is 1. The van der Waals surface area contributed by atoms with Crippen LogP contribution in [-0.2, 0) is 10.3 Å². The van der Waals surface area contributed by atoms with E-state index in [9.17, 15) is 9.90 Å². The van der Waals surface area contributed by atoms with Gasteiger partial charge in [0.05, 0.1) is 15.7 Å². The van der Waals surface area contributed by atoms with E-state index in [0.717, 1.165) is 0 Å². The van der Waals surface area contributed by atoms with Crippen LogP contribution in [0.1, 0.15) is 18.4 Å². The number of hydrogen-bond donors (Lipinski definition) is 2. The van der Waals surface area contributed by atoms with Crippen LogP contribution in [0.2, 0.25) is 10.2 Å². The summed E-state index contributed by atoms with van der Waals surface area (Å²) in [5.74, 6) is -0.712. The minimum absolute atomic E-state index is 0.00887. The van der Waals surface area contributed by atoms with Crippen LogP contribution in [-0.4, -0.2) is 64.1 Å². The standard InChI is InChI=1S/C12H8B6ClNO2/c13-5-4(9(19)8(16)7(15)6(5)14)12(20)2-11(17,18)1-3(21)10(12)22/h3,21H,1-2,20H2. The van der Waals surface area contributed by atoms with Crippen LogP contribution in [0.4, 0.5) is 0 Å². The summed E-state index contributed by atoms with van der Waals surface area (Å²) in [5.41, 5.74) is 4.15. The van der Waals surface area contributed by atoms with Crippen molar-refractivity contribution >= 4 is 86.3 Å². The molecule has 3 N–H and O–H groups in total. The minimum Gasteiger partial charge on any atom is -0.385 e. The summed E-state index contributed by atoms with van der Waals surface area (Å²) >= 11 is 6.17. The third-order valence-corrected chi connectivity index (χ3v) is 4.36. The topological polar surface area (TPSA) is 63.3 Å². The summed E-state index contributed by atoms with van der Waals surface area (Å²) in [6.45, 7) is 0. The van der Waals surface area contributed by atoms with Gasteiger partial charge in [-0.1, -0.05) is 27.7 Å². The Morgan fingerprint density at radius 1 is 1.09 bits per heavy atom. The maximum Gasteiger partial charge on any atom is 0.185 e. The molecule has 3 nitrogen and oxygen atoms in total. The predicted octanol–water partition coefficient (Wildman–Crippen LogP) is -4.15. The Morgan fingerprint density at radius 3 is 2.14 bits per heavy atom. The number of carbonyl (C=O) groups is 1. The first-order chi connectivity index (χ1) is 9.92. The van der Waals surface area contributed by atoms with E-state index in [2.05, 4.69) is 0 Å². The van der Waals surface area contributed by atoms with Crippen molar-refractivity contribution in [2.75, 3.05) is 0 Å². The minimum atomic E-state index is -1.82. The average Bonchev–Trinajstić information content (AvgIpc) is 2.39. The Balaban J connectivity index is 2.76. The number of aliphatic hydroxyl groups excluding tert-OH is 1. The molecule has 0 saturated heterocycles. The Morgan fingerprint density at radius 2 is 1.59 bits per heavy atom. The lowest BCUT2D eigenvalue weighted by Crippen LogP contribution is -2.61. The van der Waals surface area contributed by atoms with Gasteiger partial charge in [-0.2, -0.15) is 0 Å². The summed E-state index contributed by atoms with van der Waals surface area (Å²) in [5, 5.41) is 8.43. The van der Waals surface area contributed by atoms with Gasteiger partial charge in [0, 0.05) is 5.02 Å². The van der Waals surface area contributed by atoms with Crippen LogP contribution >= 0.6 is 11.6 Å². The second-order valence-corrected chi connectivity index (χ2v) is 6.19. The molecule has 2 unspecified atom stereocenters. The monoisotopic (exact) mass is 299 g/mol. The number of rotatable bonds is 1. The second-order valence-electron chi connectivity index (χ2n) is 5.81. The molecule has 1 aliphatic carbocycles. The number of nitrogens with two attached hydrogens (primary N) is 1. The van der Waals surface area contributed by atoms with Crippen LogP contribution in [0.5, 0.6) is 0 Å². The third-order valence-electron chi connectivity index (χ3n) is 3.97. The molecular formula is C12H8B6ClNO2. The second kappa shape index (κ2) is 5.54. The fourth-order valence-electron chi connectivity index (χ4n) is 2.87. The fourth-order valence-corrected chi connectivity index (χ4v) is 3.24. The average molecular weight is 299 g/mol. The first-order valence-electron chi connectivity index (χ1n) is 6.43. The van der Waals surface area contributed by atoms with Crippen LogP contribution in [0.3, 0.4) is 0 Å². The molecule has 1 saturated carbocycles. The van der Waals surface area contributed by atoms with Crippen molar-refractivity contribution in [1.29, 1.82) is 0 Å². The van der Waals surface area contributed by atoms with E-state index >= 15 is 0 Å². The zero-order chi connectivity index (χ0) is 17.0. The van der Waals surface area contributed by atoms with E-state index in [1.165, 1.54) is 0 Å². The molecule has 0 heterocycles. The molecule has 0 aliphatic heterocycles. The molecule has 0 spiro atoms. The smallest absolute Gasteiger partial charge is 0.185 e. The van der Waals surface area contributed by atoms with Gasteiger partial charge in [0.1, 0.15) is 43.0 Å². The molecule has 0 bridgehead atoms. The molecule has 22 heavy (non-hydrogen) atoms. The lowest BCUT2D eigenvalue weighted by Gasteiger charge is -2.46. The highest BCUT2D eigenvalue weighted by molar-refractivity contribution is 6.65. The van der Waals surface area contributed by atoms with Gasteiger partial charge < -0.3 is 10.8 Å². The van der Waals surface area contributed by atoms with E-state index in [1.807, 2.05) is 0 Å². The van der Waals surface area contributed by atoms with E-state index < -0.39 is 22.6 Å². The van der Waals surface area contributed by atoms with Crippen molar-refractivity contribution in [3.05, 3.63) is 10.6 Å². The molecule has 2 atom stereocenters. The number of aliphatic hydroxyl groups is 1. The quantitative estimate of drug-likeness (QED) is 0.518. The molecule has 0 amide bonds. The van der Waals surface area contributed by atoms with E-state index in [-0.39, 0.29) is 45.3 Å². The zero-order valence-electron chi connectivity index (χ0n) is 11.8. The van der Waals surface area contributed by atoms with Crippen LogP contribution in [0, 0.1) is 0 Å². The Hall–Kier alpha value is -0.510. The number of halogens is 1. The van der Waals surface area contributed by atoms with Crippen molar-refractivity contribution in [2.45, 2.75) is 29.7 Å². The predicted molar refractivity (Wildman–Crippen MR) is 93.3 cm³/mol. The molecule has 1 aromatic rings. The summed E-state index contributed by atoms with van der Waals surface area (Å²) in [6.07, 6.45) is -1.78. The molecule has 1 aliphatic rings. The maximum atomic E-state index is 12.4. The Labute approximate surface area is 142 Å². The van der Waals surface area contributed by atoms with Crippen molar-refractivity contribution in [1.82, 2.24) is 0 Å². The molecule has 10 heteroatoms. The summed E-state index contributed by atoms with van der Waals surface area (Å²) in [6, 6.07) is 0. The summed E-state index contributed by atoms with van der Waals surface area (Å²) in [4.78, 5) is 12.4. The van der Waals surface area contributed by atoms with Crippen molar-refractivity contribution < 1.29 is 9.90 Å². The molecule has 2 rings (SSSR count). The molecule has 1 aromatic carbocycles. The molecule has 98 valence electrons. The van der Waals surface area contributed by atoms with Crippen LogP contribution in [0.15, 0.2) is 0 Å².